The summed E-state index contributed by atoms with van der Waals surface area (Å²) in [4.78, 5) is 12.9. The molecular formula is C14H12BrNOS. The Balaban J connectivity index is 2.28. The zero-order valence-corrected chi connectivity index (χ0v) is 12.3. The van der Waals surface area contributed by atoms with Crippen LogP contribution in [-0.2, 0) is 0 Å². The molecule has 2 aromatic rings. The van der Waals surface area contributed by atoms with Gasteiger partial charge in [0.05, 0.1) is 5.56 Å². The first-order chi connectivity index (χ1) is 8.58. The fourth-order valence-corrected chi connectivity index (χ4v) is 2.22. The number of thiol groups is 1. The standard InChI is InChI=1S/C14H12BrNOS/c1-9-4-2-3-5-13(9)16-14(17)11-8-10(18)6-7-12(11)15/h2-8,18H,1H3,(H,16,17). The number of para-hydroxylation sites is 1. The minimum atomic E-state index is -0.146. The van der Waals surface area contributed by atoms with E-state index in [-0.39, 0.29) is 5.91 Å². The average molecular weight is 322 g/mol. The number of nitrogens with one attached hydrogen (secondary N) is 1. The monoisotopic (exact) mass is 321 g/mol. The third-order valence-corrected chi connectivity index (χ3v) is 3.56. The Hall–Kier alpha value is -1.26. The highest BCUT2D eigenvalue weighted by Crippen LogP contribution is 2.22. The van der Waals surface area contributed by atoms with Crippen LogP contribution in [-0.4, -0.2) is 5.91 Å². The van der Waals surface area contributed by atoms with Crippen LogP contribution in [0, 0.1) is 6.92 Å². The molecule has 0 aliphatic heterocycles. The Morgan fingerprint density at radius 2 is 1.94 bits per heavy atom. The second-order valence-electron chi connectivity index (χ2n) is 3.93. The molecule has 0 saturated heterocycles. The van der Waals surface area contributed by atoms with Crippen molar-refractivity contribution in [2.24, 2.45) is 0 Å². The Kier molecular flexibility index (Phi) is 4.09. The SMILES string of the molecule is Cc1ccccc1NC(=O)c1cc(S)ccc1Br. The van der Waals surface area contributed by atoms with Crippen molar-refractivity contribution in [2.75, 3.05) is 5.32 Å². The second-order valence-corrected chi connectivity index (χ2v) is 5.30. The van der Waals surface area contributed by atoms with Gasteiger partial charge in [-0.05, 0) is 52.7 Å². The quantitative estimate of drug-likeness (QED) is 0.793. The summed E-state index contributed by atoms with van der Waals surface area (Å²) < 4.78 is 0.756. The predicted molar refractivity (Wildman–Crippen MR) is 80.5 cm³/mol. The van der Waals surface area contributed by atoms with Crippen LogP contribution in [0.5, 0.6) is 0 Å². The van der Waals surface area contributed by atoms with E-state index in [4.69, 9.17) is 0 Å². The van der Waals surface area contributed by atoms with Crippen LogP contribution >= 0.6 is 28.6 Å². The highest BCUT2D eigenvalue weighted by atomic mass is 79.9. The maximum atomic E-state index is 12.2. The molecule has 4 heteroatoms. The summed E-state index contributed by atoms with van der Waals surface area (Å²) in [6.45, 7) is 1.96. The van der Waals surface area contributed by atoms with E-state index in [0.29, 0.717) is 5.56 Å². The van der Waals surface area contributed by atoms with Gasteiger partial charge < -0.3 is 5.32 Å². The van der Waals surface area contributed by atoms with Gasteiger partial charge in [0.2, 0.25) is 0 Å². The summed E-state index contributed by atoms with van der Waals surface area (Å²) in [5.74, 6) is -0.146. The zero-order valence-electron chi connectivity index (χ0n) is 9.77. The van der Waals surface area contributed by atoms with Gasteiger partial charge in [-0.2, -0.15) is 0 Å². The molecule has 0 spiro atoms. The molecule has 0 heterocycles. The van der Waals surface area contributed by atoms with Gasteiger partial charge in [-0.1, -0.05) is 18.2 Å². The highest BCUT2D eigenvalue weighted by molar-refractivity contribution is 9.10. The number of carbonyl (C=O) groups is 1. The van der Waals surface area contributed by atoms with Gasteiger partial charge in [0.1, 0.15) is 0 Å². The van der Waals surface area contributed by atoms with Crippen LogP contribution in [0.15, 0.2) is 51.8 Å². The molecule has 2 nitrogen and oxygen atoms in total. The number of anilines is 1. The molecule has 18 heavy (non-hydrogen) atoms. The van der Waals surface area contributed by atoms with Crippen molar-refractivity contribution < 1.29 is 4.79 Å². The molecule has 1 amide bonds. The van der Waals surface area contributed by atoms with Crippen molar-refractivity contribution in [2.45, 2.75) is 11.8 Å². The number of hydrogen-bond donors (Lipinski definition) is 2. The molecule has 0 unspecified atom stereocenters. The maximum absolute atomic E-state index is 12.2. The fourth-order valence-electron chi connectivity index (χ4n) is 1.59. The molecule has 0 atom stereocenters. The van der Waals surface area contributed by atoms with Crippen LogP contribution < -0.4 is 5.32 Å². The summed E-state index contributed by atoms with van der Waals surface area (Å²) in [5, 5.41) is 2.89. The lowest BCUT2D eigenvalue weighted by atomic mass is 10.1. The Labute approximate surface area is 120 Å². The third kappa shape index (κ3) is 2.94. The summed E-state index contributed by atoms with van der Waals surface area (Å²) in [7, 11) is 0. The van der Waals surface area contributed by atoms with E-state index >= 15 is 0 Å². The molecular weight excluding hydrogens is 310 g/mol. The van der Waals surface area contributed by atoms with Crippen molar-refractivity contribution in [1.82, 2.24) is 0 Å². The Morgan fingerprint density at radius 3 is 2.67 bits per heavy atom. The number of amides is 1. The molecule has 92 valence electrons. The summed E-state index contributed by atoms with van der Waals surface area (Å²) >= 11 is 7.61. The second kappa shape index (κ2) is 5.59. The van der Waals surface area contributed by atoms with E-state index in [2.05, 4.69) is 33.9 Å². The molecule has 1 N–H and O–H groups in total. The molecule has 0 aliphatic rings. The van der Waals surface area contributed by atoms with E-state index < -0.39 is 0 Å². The fraction of sp³-hybridized carbons (Fsp3) is 0.0714. The molecule has 0 fully saturated rings. The lowest BCUT2D eigenvalue weighted by molar-refractivity contribution is 0.102. The molecule has 0 saturated carbocycles. The molecule has 0 aliphatic carbocycles. The number of halogens is 1. The van der Waals surface area contributed by atoms with Gasteiger partial charge in [-0.3, -0.25) is 4.79 Å². The van der Waals surface area contributed by atoms with Crippen molar-refractivity contribution in [3.05, 3.63) is 58.1 Å². The van der Waals surface area contributed by atoms with Crippen molar-refractivity contribution >= 4 is 40.2 Å². The number of carbonyl (C=O) groups excluding carboxylic acids is 1. The van der Waals surface area contributed by atoms with Crippen molar-refractivity contribution in [3.63, 3.8) is 0 Å². The normalized spacial score (nSPS) is 10.2. The summed E-state index contributed by atoms with van der Waals surface area (Å²) in [6.07, 6.45) is 0. The van der Waals surface area contributed by atoms with E-state index in [1.165, 1.54) is 0 Å². The van der Waals surface area contributed by atoms with E-state index in [1.54, 1.807) is 6.07 Å². The lowest BCUT2D eigenvalue weighted by Crippen LogP contribution is -2.13. The molecule has 2 rings (SSSR count). The van der Waals surface area contributed by atoms with Crippen LogP contribution in [0.1, 0.15) is 15.9 Å². The third-order valence-electron chi connectivity index (χ3n) is 2.59. The largest absolute Gasteiger partial charge is 0.322 e. The smallest absolute Gasteiger partial charge is 0.256 e. The summed E-state index contributed by atoms with van der Waals surface area (Å²) in [6, 6.07) is 13.1. The zero-order chi connectivity index (χ0) is 13.1. The maximum Gasteiger partial charge on any atom is 0.256 e. The van der Waals surface area contributed by atoms with Crippen LogP contribution in [0.2, 0.25) is 0 Å². The van der Waals surface area contributed by atoms with E-state index in [1.807, 2.05) is 43.3 Å². The molecule has 0 radical (unpaired) electrons. The topological polar surface area (TPSA) is 29.1 Å². The highest BCUT2D eigenvalue weighted by Gasteiger charge is 2.11. The minimum Gasteiger partial charge on any atom is -0.322 e. The van der Waals surface area contributed by atoms with Crippen LogP contribution in [0.3, 0.4) is 0 Å². The van der Waals surface area contributed by atoms with Crippen LogP contribution in [0.4, 0.5) is 5.69 Å². The van der Waals surface area contributed by atoms with Crippen molar-refractivity contribution in [1.29, 1.82) is 0 Å². The van der Waals surface area contributed by atoms with Gasteiger partial charge in [-0.15, -0.1) is 12.6 Å². The van der Waals surface area contributed by atoms with Crippen molar-refractivity contribution in [3.8, 4) is 0 Å². The minimum absolute atomic E-state index is 0.146. The van der Waals surface area contributed by atoms with E-state index in [0.717, 1.165) is 20.6 Å². The average Bonchev–Trinajstić information content (AvgIpc) is 2.35. The predicted octanol–water partition coefficient (Wildman–Crippen LogP) is 4.30. The number of benzene rings is 2. The van der Waals surface area contributed by atoms with Crippen LogP contribution in [0.25, 0.3) is 0 Å². The first kappa shape index (κ1) is 13.2. The lowest BCUT2D eigenvalue weighted by Gasteiger charge is -2.09. The molecule has 0 aromatic heterocycles. The van der Waals surface area contributed by atoms with Gasteiger partial charge >= 0.3 is 0 Å². The number of rotatable bonds is 2. The van der Waals surface area contributed by atoms with E-state index in [9.17, 15) is 4.79 Å². The first-order valence-corrected chi connectivity index (χ1v) is 6.67. The van der Waals surface area contributed by atoms with Gasteiger partial charge in [0.25, 0.3) is 5.91 Å². The Bertz CT molecular complexity index is 598. The first-order valence-electron chi connectivity index (χ1n) is 5.43. The molecule has 2 aromatic carbocycles. The number of aryl methyl sites for hydroxylation is 1. The number of hydrogen-bond acceptors (Lipinski definition) is 2. The Morgan fingerprint density at radius 1 is 1.22 bits per heavy atom. The van der Waals surface area contributed by atoms with Gasteiger partial charge in [0.15, 0.2) is 0 Å². The van der Waals surface area contributed by atoms with Gasteiger partial charge in [-0.25, -0.2) is 0 Å². The molecule has 0 bridgehead atoms. The summed E-state index contributed by atoms with van der Waals surface area (Å²) in [5.41, 5.74) is 2.42. The van der Waals surface area contributed by atoms with Gasteiger partial charge in [0, 0.05) is 15.1 Å².